The summed E-state index contributed by atoms with van der Waals surface area (Å²) in [6.07, 6.45) is 4.79. The fourth-order valence-corrected chi connectivity index (χ4v) is 4.47. The van der Waals surface area contributed by atoms with Crippen molar-refractivity contribution in [1.82, 2.24) is 10.3 Å². The van der Waals surface area contributed by atoms with Gasteiger partial charge in [0.2, 0.25) is 12.7 Å². The van der Waals surface area contributed by atoms with Crippen LogP contribution < -0.4 is 20.5 Å². The molecule has 6 nitrogen and oxygen atoms in total. The number of benzene rings is 1. The Morgan fingerprint density at radius 1 is 1.21 bits per heavy atom. The molecule has 1 aliphatic carbocycles. The van der Waals surface area contributed by atoms with E-state index in [1.54, 1.807) is 0 Å². The second kappa shape index (κ2) is 10.3. The molecular weight excluding hydrogens is 421 g/mol. The molecule has 154 valence electrons. The number of hydrogen-bond donors (Lipinski definition) is 2. The summed E-state index contributed by atoms with van der Waals surface area (Å²) < 4.78 is 10.8. The van der Waals surface area contributed by atoms with E-state index in [0.717, 1.165) is 47.0 Å². The van der Waals surface area contributed by atoms with Gasteiger partial charge in [0.05, 0.1) is 12.1 Å². The molecule has 2 aromatic rings. The van der Waals surface area contributed by atoms with Gasteiger partial charge in [-0.2, -0.15) is 0 Å². The molecule has 2 aliphatic rings. The molecular formula is C19H25Cl2N3O3S. The van der Waals surface area contributed by atoms with Crippen LogP contribution in [-0.2, 0) is 11.2 Å². The highest BCUT2D eigenvalue weighted by atomic mass is 35.5. The quantitative estimate of drug-likeness (QED) is 0.734. The lowest BCUT2D eigenvalue weighted by molar-refractivity contribution is -0.121. The second-order valence-corrected chi connectivity index (χ2v) is 7.70. The first-order valence-electron chi connectivity index (χ1n) is 9.07. The predicted octanol–water partition coefficient (Wildman–Crippen LogP) is 3.56. The fourth-order valence-electron chi connectivity index (χ4n) is 3.65. The molecule has 1 aliphatic heterocycles. The van der Waals surface area contributed by atoms with E-state index in [1.165, 1.54) is 17.8 Å². The Labute approximate surface area is 181 Å². The topological polar surface area (TPSA) is 86.5 Å². The summed E-state index contributed by atoms with van der Waals surface area (Å²) in [4.78, 5) is 17.0. The Bertz CT molecular complexity index is 802. The minimum Gasteiger partial charge on any atom is -0.454 e. The van der Waals surface area contributed by atoms with Crippen LogP contribution in [-0.4, -0.2) is 30.3 Å². The van der Waals surface area contributed by atoms with Gasteiger partial charge in [0, 0.05) is 17.0 Å². The van der Waals surface area contributed by atoms with Crippen LogP contribution in [0.15, 0.2) is 23.6 Å². The summed E-state index contributed by atoms with van der Waals surface area (Å²) in [5.41, 5.74) is 7.61. The zero-order chi connectivity index (χ0) is 17.9. The molecule has 0 spiro atoms. The molecule has 0 bridgehead atoms. The predicted molar refractivity (Wildman–Crippen MR) is 115 cm³/mol. The Balaban J connectivity index is 0.00000140. The summed E-state index contributed by atoms with van der Waals surface area (Å²) in [6, 6.07) is 5.98. The van der Waals surface area contributed by atoms with Crippen molar-refractivity contribution < 1.29 is 14.3 Å². The van der Waals surface area contributed by atoms with Crippen molar-refractivity contribution in [2.75, 3.05) is 13.3 Å². The highest BCUT2D eigenvalue weighted by Gasteiger charge is 2.25. The normalized spacial score (nSPS) is 20.0. The van der Waals surface area contributed by atoms with Crippen LogP contribution in [0.2, 0.25) is 0 Å². The molecule has 1 fully saturated rings. The maximum absolute atomic E-state index is 12.4. The lowest BCUT2D eigenvalue weighted by Crippen LogP contribution is -2.45. The van der Waals surface area contributed by atoms with E-state index in [9.17, 15) is 4.79 Å². The fraction of sp³-hybridized carbons (Fsp3) is 0.474. The van der Waals surface area contributed by atoms with Gasteiger partial charge in [-0.05, 0) is 43.5 Å². The number of carbonyl (C=O) groups is 1. The van der Waals surface area contributed by atoms with Crippen molar-refractivity contribution in [3.8, 4) is 22.1 Å². The Hall–Kier alpha value is -1.54. The Morgan fingerprint density at radius 2 is 2.00 bits per heavy atom. The zero-order valence-corrected chi connectivity index (χ0v) is 17.8. The van der Waals surface area contributed by atoms with Gasteiger partial charge in [-0.15, -0.1) is 36.2 Å². The number of thiazole rings is 1. The minimum absolute atomic E-state index is 0. The number of halogens is 2. The Morgan fingerprint density at radius 3 is 2.82 bits per heavy atom. The molecule has 1 aromatic heterocycles. The SMILES string of the molecule is Cl.Cl.NCC1CCCCC1NC(=O)Cc1csc(-c2ccc3c(c2)OCO3)n1. The van der Waals surface area contributed by atoms with Crippen molar-refractivity contribution in [2.24, 2.45) is 11.7 Å². The number of carbonyl (C=O) groups excluding carboxylic acids is 1. The average Bonchev–Trinajstić information content (AvgIpc) is 3.30. The number of nitrogens with zero attached hydrogens (tertiary/aromatic N) is 1. The lowest BCUT2D eigenvalue weighted by Gasteiger charge is -2.31. The molecule has 1 aromatic carbocycles. The van der Waals surface area contributed by atoms with Gasteiger partial charge in [0.25, 0.3) is 0 Å². The molecule has 2 heterocycles. The van der Waals surface area contributed by atoms with Gasteiger partial charge in [0.15, 0.2) is 11.5 Å². The van der Waals surface area contributed by atoms with Gasteiger partial charge < -0.3 is 20.5 Å². The molecule has 1 saturated carbocycles. The van der Waals surface area contributed by atoms with E-state index in [1.807, 2.05) is 23.6 Å². The summed E-state index contributed by atoms with van der Waals surface area (Å²) in [5.74, 6) is 1.92. The third kappa shape index (κ3) is 5.08. The Kier molecular flexibility index (Phi) is 8.37. The van der Waals surface area contributed by atoms with Crippen LogP contribution in [0.5, 0.6) is 11.5 Å². The van der Waals surface area contributed by atoms with Gasteiger partial charge in [0.1, 0.15) is 5.01 Å². The molecule has 2 unspecified atom stereocenters. The molecule has 2 atom stereocenters. The first-order valence-corrected chi connectivity index (χ1v) is 9.95. The van der Waals surface area contributed by atoms with Crippen molar-refractivity contribution in [2.45, 2.75) is 38.1 Å². The first-order chi connectivity index (χ1) is 12.7. The molecule has 9 heteroatoms. The van der Waals surface area contributed by atoms with Crippen LogP contribution in [0.1, 0.15) is 31.4 Å². The molecule has 4 rings (SSSR count). The number of nitrogens with one attached hydrogen (secondary N) is 1. The maximum Gasteiger partial charge on any atom is 0.231 e. The smallest absolute Gasteiger partial charge is 0.231 e. The summed E-state index contributed by atoms with van der Waals surface area (Å²) in [5, 5.41) is 5.98. The minimum atomic E-state index is 0. The van der Waals surface area contributed by atoms with E-state index in [-0.39, 0.29) is 43.6 Å². The highest BCUT2D eigenvalue weighted by Crippen LogP contribution is 2.36. The molecule has 28 heavy (non-hydrogen) atoms. The van der Waals surface area contributed by atoms with Crippen molar-refractivity contribution in [3.05, 3.63) is 29.3 Å². The van der Waals surface area contributed by atoms with Crippen LogP contribution in [0.4, 0.5) is 0 Å². The van der Waals surface area contributed by atoms with E-state index < -0.39 is 0 Å². The standard InChI is InChI=1S/C19H23N3O3S.2ClH/c20-9-13-3-1-2-4-15(13)22-18(23)8-14-10-26-19(21-14)12-5-6-16-17(7-12)25-11-24-16;;/h5-7,10,13,15H,1-4,8-9,11,20H2,(H,22,23);2*1H. The van der Waals surface area contributed by atoms with E-state index >= 15 is 0 Å². The third-order valence-electron chi connectivity index (χ3n) is 5.07. The van der Waals surface area contributed by atoms with Crippen molar-refractivity contribution >= 4 is 42.1 Å². The van der Waals surface area contributed by atoms with Gasteiger partial charge in [-0.25, -0.2) is 4.98 Å². The van der Waals surface area contributed by atoms with Crippen LogP contribution >= 0.6 is 36.2 Å². The number of ether oxygens (including phenoxy) is 2. The van der Waals surface area contributed by atoms with Crippen molar-refractivity contribution in [3.63, 3.8) is 0 Å². The summed E-state index contributed by atoms with van der Waals surface area (Å²) >= 11 is 1.53. The lowest BCUT2D eigenvalue weighted by atomic mass is 9.84. The average molecular weight is 446 g/mol. The maximum atomic E-state index is 12.4. The molecule has 0 saturated heterocycles. The van der Waals surface area contributed by atoms with Crippen LogP contribution in [0.3, 0.4) is 0 Å². The summed E-state index contributed by atoms with van der Waals surface area (Å²) in [6.45, 7) is 0.892. The van der Waals surface area contributed by atoms with Crippen molar-refractivity contribution in [1.29, 1.82) is 0 Å². The summed E-state index contributed by atoms with van der Waals surface area (Å²) in [7, 11) is 0. The van der Waals surface area contributed by atoms with Crippen LogP contribution in [0, 0.1) is 5.92 Å². The second-order valence-electron chi connectivity index (χ2n) is 6.84. The third-order valence-corrected chi connectivity index (χ3v) is 6.01. The van der Waals surface area contributed by atoms with E-state index in [4.69, 9.17) is 15.2 Å². The van der Waals surface area contributed by atoms with Gasteiger partial charge in [-0.3, -0.25) is 4.79 Å². The van der Waals surface area contributed by atoms with Crippen LogP contribution in [0.25, 0.3) is 10.6 Å². The first kappa shape index (κ1) is 22.7. The number of nitrogens with two attached hydrogens (primary N) is 1. The van der Waals surface area contributed by atoms with E-state index in [2.05, 4.69) is 10.3 Å². The number of aromatic nitrogens is 1. The molecule has 3 N–H and O–H groups in total. The number of amides is 1. The molecule has 1 amide bonds. The largest absolute Gasteiger partial charge is 0.454 e. The number of fused-ring (bicyclic) bond motifs is 1. The van der Waals surface area contributed by atoms with Gasteiger partial charge >= 0.3 is 0 Å². The monoisotopic (exact) mass is 445 g/mol. The number of hydrogen-bond acceptors (Lipinski definition) is 6. The molecule has 0 radical (unpaired) electrons. The number of rotatable bonds is 5. The zero-order valence-electron chi connectivity index (χ0n) is 15.4. The van der Waals surface area contributed by atoms with E-state index in [0.29, 0.717) is 18.9 Å². The van der Waals surface area contributed by atoms with Gasteiger partial charge in [-0.1, -0.05) is 12.8 Å². The highest BCUT2D eigenvalue weighted by molar-refractivity contribution is 7.13.